The summed E-state index contributed by atoms with van der Waals surface area (Å²) in [5, 5.41) is 0. The van der Waals surface area contributed by atoms with Crippen LogP contribution in [0, 0.1) is 13.8 Å². The number of aromatic nitrogens is 3. The van der Waals surface area contributed by atoms with E-state index in [1.807, 2.05) is 18.2 Å². The van der Waals surface area contributed by atoms with E-state index < -0.39 is 5.97 Å². The topological polar surface area (TPSA) is 86.1 Å². The van der Waals surface area contributed by atoms with Crippen LogP contribution >= 0.6 is 0 Å². The van der Waals surface area contributed by atoms with Crippen LogP contribution in [0.3, 0.4) is 0 Å². The lowest BCUT2D eigenvalue weighted by molar-refractivity contribution is 0.0522. The monoisotopic (exact) mass is 355 g/mol. The molecule has 3 rings (SSSR count). The number of rotatable bonds is 5. The highest BCUT2D eigenvalue weighted by atomic mass is 16.5. The number of nitrogens with one attached hydrogen (secondary N) is 1. The summed E-state index contributed by atoms with van der Waals surface area (Å²) in [7, 11) is 1.67. The highest BCUT2D eigenvalue weighted by Gasteiger charge is 2.26. The van der Waals surface area contributed by atoms with Crippen LogP contribution in [0.5, 0.6) is 0 Å². The van der Waals surface area contributed by atoms with Gasteiger partial charge in [-0.05, 0) is 32.9 Å². The van der Waals surface area contributed by atoms with E-state index >= 15 is 0 Å². The molecule has 7 nitrogen and oxygen atoms in total. The van der Waals surface area contributed by atoms with Crippen LogP contribution in [0.1, 0.15) is 39.0 Å². The summed E-state index contributed by atoms with van der Waals surface area (Å²) in [6.45, 7) is 5.24. The minimum absolute atomic E-state index is 0.148. The van der Waals surface area contributed by atoms with Gasteiger partial charge in [-0.15, -0.1) is 0 Å². The second-order valence-corrected chi connectivity index (χ2v) is 6.19. The highest BCUT2D eigenvalue weighted by Crippen LogP contribution is 2.21. The number of benzene rings is 1. The van der Waals surface area contributed by atoms with E-state index in [0.29, 0.717) is 16.9 Å². The van der Waals surface area contributed by atoms with Gasteiger partial charge in [-0.25, -0.2) is 9.59 Å². The van der Waals surface area contributed by atoms with E-state index in [0.717, 1.165) is 5.52 Å². The molecule has 26 heavy (non-hydrogen) atoms. The number of aromatic amines is 1. The molecule has 7 heteroatoms. The fourth-order valence-corrected chi connectivity index (χ4v) is 3.33. The molecule has 2 aromatic heterocycles. The van der Waals surface area contributed by atoms with Crippen molar-refractivity contribution >= 4 is 22.8 Å². The molecular formula is C19H21N3O4. The Morgan fingerprint density at radius 1 is 1.08 bits per heavy atom. The summed E-state index contributed by atoms with van der Waals surface area (Å²) in [6.07, 6.45) is 0. The summed E-state index contributed by atoms with van der Waals surface area (Å²) >= 11 is 0. The Labute approximate surface area is 150 Å². The number of aryl methyl sites for hydroxylation is 3. The number of fused-ring (bicyclic) bond motifs is 1. The van der Waals surface area contributed by atoms with Crippen LogP contribution in [0.4, 0.5) is 0 Å². The van der Waals surface area contributed by atoms with E-state index in [-0.39, 0.29) is 35.8 Å². The summed E-state index contributed by atoms with van der Waals surface area (Å²) in [5.41, 5.74) is 2.83. The number of Topliss-reactive ketones (excluding diaryl/α,β-unsaturated/α-hetero) is 1. The van der Waals surface area contributed by atoms with Crippen molar-refractivity contribution in [2.75, 3.05) is 6.61 Å². The molecular weight excluding hydrogens is 334 g/mol. The van der Waals surface area contributed by atoms with Crippen LogP contribution in [0.2, 0.25) is 0 Å². The Morgan fingerprint density at radius 3 is 2.35 bits per heavy atom. The van der Waals surface area contributed by atoms with Crippen molar-refractivity contribution in [3.8, 4) is 0 Å². The molecule has 3 aromatic rings. The molecule has 0 saturated carbocycles. The van der Waals surface area contributed by atoms with Gasteiger partial charge in [0, 0.05) is 18.4 Å². The maximum absolute atomic E-state index is 13.0. The van der Waals surface area contributed by atoms with Crippen molar-refractivity contribution in [3.63, 3.8) is 0 Å². The third kappa shape index (κ3) is 2.75. The fourth-order valence-electron chi connectivity index (χ4n) is 3.33. The molecule has 1 aromatic carbocycles. The zero-order valence-corrected chi connectivity index (χ0v) is 15.3. The molecule has 0 saturated heterocycles. The molecule has 136 valence electrons. The van der Waals surface area contributed by atoms with Gasteiger partial charge in [-0.3, -0.25) is 13.9 Å². The average molecular weight is 355 g/mol. The molecule has 0 aliphatic heterocycles. The van der Waals surface area contributed by atoms with Gasteiger partial charge in [0.1, 0.15) is 0 Å². The molecule has 0 unspecified atom stereocenters. The Balaban J connectivity index is 2.07. The van der Waals surface area contributed by atoms with Gasteiger partial charge in [0.05, 0.1) is 35.3 Å². The summed E-state index contributed by atoms with van der Waals surface area (Å²) in [5.74, 6) is -0.851. The second kappa shape index (κ2) is 6.67. The van der Waals surface area contributed by atoms with Gasteiger partial charge >= 0.3 is 11.7 Å². The number of H-pyrrole nitrogens is 1. The summed E-state index contributed by atoms with van der Waals surface area (Å²) in [6, 6.07) is 7.28. The first-order valence-electron chi connectivity index (χ1n) is 8.40. The number of carbonyl (C=O) groups is 2. The number of esters is 1. The minimum atomic E-state index is -0.539. The Morgan fingerprint density at radius 2 is 1.69 bits per heavy atom. The zero-order valence-electron chi connectivity index (χ0n) is 15.3. The molecule has 0 aliphatic rings. The van der Waals surface area contributed by atoms with E-state index in [1.165, 1.54) is 9.13 Å². The highest BCUT2D eigenvalue weighted by molar-refractivity contribution is 6.08. The van der Waals surface area contributed by atoms with Crippen molar-refractivity contribution in [3.05, 3.63) is 57.3 Å². The van der Waals surface area contributed by atoms with E-state index in [4.69, 9.17) is 4.74 Å². The lowest BCUT2D eigenvalue weighted by Gasteiger charge is -2.07. The maximum Gasteiger partial charge on any atom is 0.340 e. The Kier molecular flexibility index (Phi) is 4.54. The molecule has 0 bridgehead atoms. The number of carbonyl (C=O) groups excluding carboxylic acids is 2. The van der Waals surface area contributed by atoms with Gasteiger partial charge in [0.15, 0.2) is 5.78 Å². The number of para-hydroxylation sites is 2. The van der Waals surface area contributed by atoms with Gasteiger partial charge in [0.25, 0.3) is 0 Å². The van der Waals surface area contributed by atoms with Crippen LogP contribution in [-0.2, 0) is 18.3 Å². The number of ether oxygens (including phenoxy) is 1. The molecule has 1 N–H and O–H groups in total. The van der Waals surface area contributed by atoms with E-state index in [9.17, 15) is 14.4 Å². The SMILES string of the molecule is CCOC(=O)c1c(C)[nH]c(C)c1C(=O)Cn1c(=O)n(C)c2ccccc21. The number of ketones is 1. The molecule has 0 radical (unpaired) electrons. The van der Waals surface area contributed by atoms with Crippen molar-refractivity contribution < 1.29 is 14.3 Å². The first kappa shape index (κ1) is 17.7. The third-order valence-electron chi connectivity index (χ3n) is 4.49. The standard InChI is InChI=1S/C19H21N3O4/c1-5-26-18(24)17-12(3)20-11(2)16(17)15(23)10-22-14-9-7-6-8-13(14)21(4)19(22)25/h6-9,20H,5,10H2,1-4H3. The first-order chi connectivity index (χ1) is 12.4. The quantitative estimate of drug-likeness (QED) is 0.562. The molecule has 0 fully saturated rings. The van der Waals surface area contributed by atoms with Crippen molar-refractivity contribution in [2.45, 2.75) is 27.3 Å². The van der Waals surface area contributed by atoms with Gasteiger partial charge in [-0.1, -0.05) is 12.1 Å². The second-order valence-electron chi connectivity index (χ2n) is 6.19. The van der Waals surface area contributed by atoms with Gasteiger partial charge in [0.2, 0.25) is 0 Å². The number of hydrogen-bond donors (Lipinski definition) is 1. The van der Waals surface area contributed by atoms with Crippen LogP contribution in [0.15, 0.2) is 29.1 Å². The summed E-state index contributed by atoms with van der Waals surface area (Å²) in [4.78, 5) is 40.8. The van der Waals surface area contributed by atoms with Crippen LogP contribution in [0.25, 0.3) is 11.0 Å². The molecule has 0 aliphatic carbocycles. The van der Waals surface area contributed by atoms with Gasteiger partial charge in [-0.2, -0.15) is 0 Å². The van der Waals surface area contributed by atoms with Crippen molar-refractivity contribution in [1.82, 2.24) is 14.1 Å². The largest absolute Gasteiger partial charge is 0.462 e. The third-order valence-corrected chi connectivity index (χ3v) is 4.49. The smallest absolute Gasteiger partial charge is 0.340 e. The predicted molar refractivity (Wildman–Crippen MR) is 97.7 cm³/mol. The number of imidazole rings is 1. The van der Waals surface area contributed by atoms with Crippen LogP contribution < -0.4 is 5.69 Å². The molecule has 0 amide bonds. The van der Waals surface area contributed by atoms with E-state index in [1.54, 1.807) is 33.9 Å². The maximum atomic E-state index is 13.0. The van der Waals surface area contributed by atoms with E-state index in [2.05, 4.69) is 4.98 Å². The number of nitrogens with zero attached hydrogens (tertiary/aromatic N) is 2. The Bertz CT molecular complexity index is 1070. The molecule has 0 atom stereocenters. The normalized spacial score (nSPS) is 11.1. The lowest BCUT2D eigenvalue weighted by Crippen LogP contribution is -2.26. The predicted octanol–water partition coefficient (Wildman–Crippen LogP) is 2.34. The fraction of sp³-hybridized carbons (Fsp3) is 0.316. The van der Waals surface area contributed by atoms with Crippen LogP contribution in [-0.4, -0.2) is 32.5 Å². The lowest BCUT2D eigenvalue weighted by atomic mass is 10.0. The molecule has 0 spiro atoms. The molecule has 2 heterocycles. The number of hydrogen-bond acceptors (Lipinski definition) is 4. The summed E-state index contributed by atoms with van der Waals surface area (Å²) < 4.78 is 8.01. The minimum Gasteiger partial charge on any atom is -0.462 e. The first-order valence-corrected chi connectivity index (χ1v) is 8.40. The van der Waals surface area contributed by atoms with Crippen molar-refractivity contribution in [2.24, 2.45) is 7.05 Å². The zero-order chi connectivity index (χ0) is 19.0. The Hall–Kier alpha value is -3.09. The van der Waals surface area contributed by atoms with Gasteiger partial charge < -0.3 is 9.72 Å². The average Bonchev–Trinajstić information content (AvgIpc) is 3.03. The van der Waals surface area contributed by atoms with Crippen molar-refractivity contribution in [1.29, 1.82) is 0 Å².